The van der Waals surface area contributed by atoms with E-state index in [1.165, 1.54) is 46.3 Å². The summed E-state index contributed by atoms with van der Waals surface area (Å²) in [6.07, 6.45) is 9.22. The summed E-state index contributed by atoms with van der Waals surface area (Å²) in [7, 11) is 2.54. The van der Waals surface area contributed by atoms with Gasteiger partial charge in [-0.1, -0.05) is 32.1 Å². The Morgan fingerprint density at radius 3 is 0.889 bits per heavy atom. The molecule has 1 fully saturated rings. The predicted octanol–water partition coefficient (Wildman–Crippen LogP) is 2.09. The normalized spacial score (nSPS) is 7.78. The third-order valence-corrected chi connectivity index (χ3v) is 1.92. The molecule has 0 unspecified atom stereocenters. The molecule has 10 heteroatoms. The Hall–Kier alpha value is -1.41. The van der Waals surface area contributed by atoms with Crippen LogP contribution in [-0.4, -0.2) is 26.2 Å². The topological polar surface area (TPSA) is 132 Å². The second kappa shape index (κ2) is 74.1. The average Bonchev–Trinajstić information content (AvgIpc) is 3.33. The van der Waals surface area contributed by atoms with Crippen molar-refractivity contribution in [3.05, 3.63) is 51.9 Å². The first-order valence-electron chi connectivity index (χ1n) is 6.19. The zero-order valence-electron chi connectivity index (χ0n) is 14.9. The quantitative estimate of drug-likeness (QED) is 0.188. The summed E-state index contributed by atoms with van der Waals surface area (Å²) < 4.78 is 38.2. The van der Waals surface area contributed by atoms with Gasteiger partial charge in [0.25, 0.3) is 0 Å². The van der Waals surface area contributed by atoms with Crippen LogP contribution in [0.2, 0.25) is 0 Å². The minimum absolute atomic E-state index is 0. The summed E-state index contributed by atoms with van der Waals surface area (Å²) in [5, 5.41) is 0. The summed E-state index contributed by atoms with van der Waals surface area (Å²) >= 11 is 0. The van der Waals surface area contributed by atoms with Crippen LogP contribution >= 0.6 is 0 Å². The molecule has 1 aliphatic carbocycles. The predicted molar refractivity (Wildman–Crippen MR) is 80.6 cm³/mol. The van der Waals surface area contributed by atoms with Crippen LogP contribution < -0.4 is 0 Å². The van der Waals surface area contributed by atoms with Crippen molar-refractivity contribution >= 4 is 11.9 Å². The van der Waals surface area contributed by atoms with Crippen molar-refractivity contribution in [3.8, 4) is 0 Å². The molecule has 1 rings (SSSR count). The van der Waals surface area contributed by atoms with E-state index in [4.69, 9.17) is 18.6 Å². The van der Waals surface area contributed by atoms with E-state index in [1.807, 2.05) is 0 Å². The van der Waals surface area contributed by atoms with Crippen molar-refractivity contribution in [3.63, 3.8) is 0 Å². The molecule has 0 aliphatic heterocycles. The van der Waals surface area contributed by atoms with Gasteiger partial charge in [0.2, 0.25) is 0 Å². The number of carbonyl (C=O) groups excluding carboxylic acids is 2. The largest absolute Gasteiger partial charge is 3.00 e. The first-order valence-corrected chi connectivity index (χ1v) is 6.19. The van der Waals surface area contributed by atoms with Crippen LogP contribution in [0.4, 0.5) is 0 Å². The van der Waals surface area contributed by atoms with Gasteiger partial charge < -0.3 is 19.1 Å². The van der Waals surface area contributed by atoms with Crippen molar-refractivity contribution in [1.29, 1.82) is 0 Å². The van der Waals surface area contributed by atoms with E-state index in [2.05, 4.69) is 49.2 Å². The zero-order chi connectivity index (χ0) is 21.5. The van der Waals surface area contributed by atoms with Crippen molar-refractivity contribution in [2.75, 3.05) is 14.2 Å². The number of hydrogen-bond donors (Lipinski definition) is 0. The molecule has 0 aromatic carbocycles. The molecule has 0 N–H and O–H groups in total. The van der Waals surface area contributed by atoms with Gasteiger partial charge in [-0.05, 0) is 0 Å². The molecular formula is C17H20MnMoO8+. The molecule has 1 aliphatic rings. The smallest absolute Gasteiger partial charge is 0.550 e. The molecule has 0 amide bonds. The summed E-state index contributed by atoms with van der Waals surface area (Å²) in [6.45, 7) is 27.4. The summed E-state index contributed by atoms with van der Waals surface area (Å²) in [4.78, 5) is 19.6. The number of ether oxygens (including phenoxy) is 2. The van der Waals surface area contributed by atoms with E-state index in [0.29, 0.717) is 0 Å². The second-order valence-corrected chi connectivity index (χ2v) is 3.15. The van der Waals surface area contributed by atoms with Gasteiger partial charge in [0.15, 0.2) is 11.9 Å². The molecule has 0 saturated heterocycles. The van der Waals surface area contributed by atoms with Gasteiger partial charge in [-0.15, -0.1) is 0 Å². The first-order chi connectivity index (χ1) is 12.1. The van der Waals surface area contributed by atoms with Crippen LogP contribution in [0.15, 0.2) is 12.2 Å². The van der Waals surface area contributed by atoms with Crippen LogP contribution in [-0.2, 0) is 75.8 Å². The van der Waals surface area contributed by atoms with Crippen LogP contribution in [0.5, 0.6) is 0 Å². The van der Waals surface area contributed by atoms with Gasteiger partial charge >= 0.3 is 62.3 Å². The third-order valence-electron chi connectivity index (χ3n) is 1.92. The Kier molecular flexibility index (Phi) is 137. The monoisotopic (exact) mass is 505 g/mol. The van der Waals surface area contributed by atoms with Gasteiger partial charge in [0.05, 0.1) is 14.2 Å². The summed E-state index contributed by atoms with van der Waals surface area (Å²) in [6, 6.07) is 0. The number of methoxy groups -OCH3 is 2. The number of rotatable bonds is 2. The van der Waals surface area contributed by atoms with Gasteiger partial charge in [-0.3, -0.25) is 13.2 Å². The van der Waals surface area contributed by atoms with Gasteiger partial charge in [-0.25, -0.2) is 0 Å². The van der Waals surface area contributed by atoms with E-state index in [-0.39, 0.29) is 38.1 Å². The average molecular weight is 503 g/mol. The first kappa shape index (κ1) is 50.0. The maximum absolute atomic E-state index is 9.78. The fourth-order valence-electron chi connectivity index (χ4n) is 1.02. The molecule has 27 heavy (non-hydrogen) atoms. The van der Waals surface area contributed by atoms with Crippen molar-refractivity contribution in [1.82, 2.24) is 0 Å². The van der Waals surface area contributed by atoms with Crippen LogP contribution in [0.1, 0.15) is 32.1 Å². The van der Waals surface area contributed by atoms with E-state index in [0.717, 1.165) is 12.2 Å². The molecular weight excluding hydrogens is 483 g/mol. The molecule has 1 saturated carbocycles. The number of hydrogen-bond acceptors (Lipinski definition) is 4. The van der Waals surface area contributed by atoms with Crippen molar-refractivity contribution < 1.29 is 75.8 Å². The van der Waals surface area contributed by atoms with Crippen LogP contribution in [0.3, 0.4) is 0 Å². The maximum atomic E-state index is 9.78. The molecule has 148 valence electrons. The van der Waals surface area contributed by atoms with E-state index in [9.17, 15) is 9.59 Å². The third kappa shape index (κ3) is 93.4. The SMILES string of the molecule is C1CCCC1.[C-]#[O+].[C-]#[O+].[C-]#[O+].[C-]#[O+].[CH-]=CC(=O)OC.[CH-]=CC(=O)OC.[Mn+3].[Mo]. The molecule has 0 heterocycles. The van der Waals surface area contributed by atoms with Gasteiger partial charge in [0.1, 0.15) is 0 Å². The van der Waals surface area contributed by atoms with E-state index < -0.39 is 11.9 Å². The van der Waals surface area contributed by atoms with Crippen LogP contribution in [0.25, 0.3) is 0 Å². The summed E-state index contributed by atoms with van der Waals surface area (Å²) in [5.41, 5.74) is 0. The zero-order valence-corrected chi connectivity index (χ0v) is 18.1. The number of esters is 2. The molecule has 8 nitrogen and oxygen atoms in total. The summed E-state index contributed by atoms with van der Waals surface area (Å²) in [5.74, 6) is -1.01. The van der Waals surface area contributed by atoms with Crippen molar-refractivity contribution in [2.45, 2.75) is 32.1 Å². The van der Waals surface area contributed by atoms with E-state index in [1.54, 1.807) is 0 Å². The molecule has 0 aromatic rings. The van der Waals surface area contributed by atoms with E-state index >= 15 is 0 Å². The Morgan fingerprint density at radius 2 is 0.852 bits per heavy atom. The fraction of sp³-hybridized carbons (Fsp3) is 0.412. The maximum Gasteiger partial charge on any atom is 3.00 e. The van der Waals surface area contributed by atoms with Gasteiger partial charge in [0, 0.05) is 21.1 Å². The Balaban J connectivity index is -0.0000000273. The van der Waals surface area contributed by atoms with Gasteiger partial charge in [-0.2, -0.15) is 12.2 Å². The number of carbonyl (C=O) groups is 2. The minimum atomic E-state index is -0.505. The fourth-order valence-corrected chi connectivity index (χ4v) is 1.02. The molecule has 0 aromatic heterocycles. The Labute approximate surface area is 185 Å². The Bertz CT molecular complexity index is 334. The van der Waals surface area contributed by atoms with Crippen molar-refractivity contribution in [2.24, 2.45) is 0 Å². The standard InChI is InChI=1S/C5H10.2C4H5O2.4CO.Mn.Mo/c1-2-4-5-3-1;2*1-3-4(5)6-2;4*1-2;;/h1-5H2;2*1,3H,2H3;;;;;;/q;2*-1;;;;;+3;. The molecule has 0 spiro atoms. The molecule has 0 radical (unpaired) electrons. The second-order valence-electron chi connectivity index (χ2n) is 3.15. The van der Waals surface area contributed by atoms with Crippen LogP contribution in [0, 0.1) is 39.8 Å². The Morgan fingerprint density at radius 1 is 0.704 bits per heavy atom. The molecule has 0 bridgehead atoms. The molecule has 0 atom stereocenters. The minimum Gasteiger partial charge on any atom is -0.550 e.